The molecule has 0 aliphatic rings. The standard InChI is InChI=1S/C15H14ClNO4S/c1-22(20,21)17(10-11-3-2-4-13(16)9-11)14-7-5-12(6-8-14)15(18)19/h2-9H,10H2,1H3,(H,18,19). The first-order valence-corrected chi connectivity index (χ1v) is 8.55. The molecule has 2 aromatic carbocycles. The molecular weight excluding hydrogens is 326 g/mol. The van der Waals surface area contributed by atoms with Crippen molar-refractivity contribution in [1.82, 2.24) is 0 Å². The van der Waals surface area contributed by atoms with Gasteiger partial charge in [-0.3, -0.25) is 4.31 Å². The van der Waals surface area contributed by atoms with E-state index in [4.69, 9.17) is 16.7 Å². The average Bonchev–Trinajstić information content (AvgIpc) is 2.44. The van der Waals surface area contributed by atoms with Gasteiger partial charge < -0.3 is 5.11 Å². The summed E-state index contributed by atoms with van der Waals surface area (Å²) in [5.41, 5.74) is 1.23. The van der Waals surface area contributed by atoms with E-state index in [1.54, 1.807) is 24.3 Å². The molecule has 0 amide bonds. The first-order chi connectivity index (χ1) is 10.3. The van der Waals surface area contributed by atoms with Crippen molar-refractivity contribution in [3.8, 4) is 0 Å². The molecule has 0 radical (unpaired) electrons. The van der Waals surface area contributed by atoms with E-state index in [9.17, 15) is 13.2 Å². The van der Waals surface area contributed by atoms with Crippen LogP contribution in [-0.2, 0) is 16.6 Å². The van der Waals surface area contributed by atoms with Crippen LogP contribution in [0.15, 0.2) is 48.5 Å². The fraction of sp³-hybridized carbons (Fsp3) is 0.133. The molecule has 0 aliphatic carbocycles. The number of hydrogen-bond donors (Lipinski definition) is 1. The van der Waals surface area contributed by atoms with Crippen molar-refractivity contribution in [3.63, 3.8) is 0 Å². The van der Waals surface area contributed by atoms with Gasteiger partial charge in [0.25, 0.3) is 0 Å². The second kappa shape index (κ2) is 6.37. The second-order valence-electron chi connectivity index (χ2n) is 4.75. The van der Waals surface area contributed by atoms with Crippen LogP contribution in [0.3, 0.4) is 0 Å². The molecule has 0 spiro atoms. The molecule has 0 unspecified atom stereocenters. The van der Waals surface area contributed by atoms with Gasteiger partial charge in [0.05, 0.1) is 24.1 Å². The topological polar surface area (TPSA) is 74.7 Å². The van der Waals surface area contributed by atoms with Crippen molar-refractivity contribution in [2.75, 3.05) is 10.6 Å². The minimum atomic E-state index is -3.52. The minimum Gasteiger partial charge on any atom is -0.478 e. The predicted molar refractivity (Wildman–Crippen MR) is 85.9 cm³/mol. The third-order valence-electron chi connectivity index (χ3n) is 3.02. The fourth-order valence-corrected chi connectivity index (χ4v) is 3.07. The molecule has 22 heavy (non-hydrogen) atoms. The first kappa shape index (κ1) is 16.3. The van der Waals surface area contributed by atoms with Crippen LogP contribution < -0.4 is 4.31 Å². The Morgan fingerprint density at radius 3 is 2.32 bits per heavy atom. The summed E-state index contributed by atoms with van der Waals surface area (Å²) in [4.78, 5) is 10.9. The van der Waals surface area contributed by atoms with Crippen molar-refractivity contribution in [2.24, 2.45) is 0 Å². The van der Waals surface area contributed by atoms with Gasteiger partial charge in [-0.15, -0.1) is 0 Å². The van der Waals surface area contributed by atoms with Gasteiger partial charge in [-0.2, -0.15) is 0 Å². The first-order valence-electron chi connectivity index (χ1n) is 6.33. The van der Waals surface area contributed by atoms with E-state index in [2.05, 4.69) is 0 Å². The van der Waals surface area contributed by atoms with Crippen molar-refractivity contribution < 1.29 is 18.3 Å². The Labute approximate surface area is 133 Å². The minimum absolute atomic E-state index is 0.0972. The lowest BCUT2D eigenvalue weighted by Crippen LogP contribution is -2.29. The van der Waals surface area contributed by atoms with Crippen LogP contribution >= 0.6 is 11.6 Å². The Kier molecular flexibility index (Phi) is 4.73. The molecule has 0 bridgehead atoms. The SMILES string of the molecule is CS(=O)(=O)N(Cc1cccc(Cl)c1)c1ccc(C(=O)O)cc1. The van der Waals surface area contributed by atoms with E-state index in [1.165, 1.54) is 28.6 Å². The monoisotopic (exact) mass is 339 g/mol. The number of carbonyl (C=O) groups is 1. The molecule has 2 rings (SSSR count). The number of aromatic carboxylic acids is 1. The quantitative estimate of drug-likeness (QED) is 0.908. The van der Waals surface area contributed by atoms with E-state index in [1.807, 2.05) is 0 Å². The van der Waals surface area contributed by atoms with Crippen LogP contribution in [0, 0.1) is 0 Å². The van der Waals surface area contributed by atoms with Crippen LogP contribution in [0.4, 0.5) is 5.69 Å². The van der Waals surface area contributed by atoms with Gasteiger partial charge in [0.15, 0.2) is 0 Å². The largest absolute Gasteiger partial charge is 0.478 e. The Hall–Kier alpha value is -2.05. The van der Waals surface area contributed by atoms with Crippen LogP contribution in [0.5, 0.6) is 0 Å². The van der Waals surface area contributed by atoms with Gasteiger partial charge in [0.1, 0.15) is 0 Å². The highest BCUT2D eigenvalue weighted by Gasteiger charge is 2.18. The summed E-state index contributed by atoms with van der Waals surface area (Å²) in [7, 11) is -3.52. The maximum absolute atomic E-state index is 12.0. The molecule has 0 fully saturated rings. The molecule has 116 valence electrons. The van der Waals surface area contributed by atoms with E-state index in [-0.39, 0.29) is 12.1 Å². The van der Waals surface area contributed by atoms with Gasteiger partial charge >= 0.3 is 5.97 Å². The highest BCUT2D eigenvalue weighted by Crippen LogP contribution is 2.22. The molecular formula is C15H14ClNO4S. The number of benzene rings is 2. The van der Waals surface area contributed by atoms with Crippen LogP contribution in [0.2, 0.25) is 5.02 Å². The fourth-order valence-electron chi connectivity index (χ4n) is 1.97. The van der Waals surface area contributed by atoms with Crippen molar-refractivity contribution in [3.05, 3.63) is 64.7 Å². The van der Waals surface area contributed by atoms with Crippen molar-refractivity contribution in [1.29, 1.82) is 0 Å². The third kappa shape index (κ3) is 3.99. The molecule has 0 aliphatic heterocycles. The van der Waals surface area contributed by atoms with Gasteiger partial charge in [-0.25, -0.2) is 13.2 Å². The van der Waals surface area contributed by atoms with Crippen molar-refractivity contribution >= 4 is 33.3 Å². The lowest BCUT2D eigenvalue weighted by atomic mass is 10.2. The van der Waals surface area contributed by atoms with Crippen LogP contribution in [0.1, 0.15) is 15.9 Å². The van der Waals surface area contributed by atoms with Crippen LogP contribution in [0.25, 0.3) is 0 Å². The summed E-state index contributed by atoms with van der Waals surface area (Å²) < 4.78 is 25.2. The number of nitrogens with zero attached hydrogens (tertiary/aromatic N) is 1. The van der Waals surface area contributed by atoms with E-state index in [0.29, 0.717) is 10.7 Å². The Balaban J connectivity index is 2.37. The zero-order valence-electron chi connectivity index (χ0n) is 11.7. The van der Waals surface area contributed by atoms with Crippen molar-refractivity contribution in [2.45, 2.75) is 6.54 Å². The number of halogens is 1. The summed E-state index contributed by atoms with van der Waals surface area (Å²) >= 11 is 5.91. The number of carboxylic acids is 1. The summed E-state index contributed by atoms with van der Waals surface area (Å²) in [5, 5.41) is 9.41. The molecule has 2 aromatic rings. The maximum atomic E-state index is 12.0. The summed E-state index contributed by atoms with van der Waals surface area (Å²) in [6.07, 6.45) is 1.10. The summed E-state index contributed by atoms with van der Waals surface area (Å²) in [6.45, 7) is 0.117. The number of anilines is 1. The molecule has 5 nitrogen and oxygen atoms in total. The van der Waals surface area contributed by atoms with Gasteiger partial charge in [0, 0.05) is 5.02 Å². The smallest absolute Gasteiger partial charge is 0.335 e. The van der Waals surface area contributed by atoms with Crippen LogP contribution in [-0.4, -0.2) is 25.7 Å². The highest BCUT2D eigenvalue weighted by atomic mass is 35.5. The zero-order valence-corrected chi connectivity index (χ0v) is 13.3. The van der Waals surface area contributed by atoms with Gasteiger partial charge in [-0.1, -0.05) is 23.7 Å². The summed E-state index contributed by atoms with van der Waals surface area (Å²) in [6, 6.07) is 12.6. The molecule has 0 atom stereocenters. The molecule has 0 aromatic heterocycles. The maximum Gasteiger partial charge on any atom is 0.335 e. The number of rotatable bonds is 5. The zero-order chi connectivity index (χ0) is 16.3. The lowest BCUT2D eigenvalue weighted by Gasteiger charge is -2.22. The van der Waals surface area contributed by atoms with E-state index in [0.717, 1.165) is 11.8 Å². The number of sulfonamides is 1. The van der Waals surface area contributed by atoms with E-state index < -0.39 is 16.0 Å². The normalized spacial score (nSPS) is 11.2. The molecule has 0 saturated heterocycles. The lowest BCUT2D eigenvalue weighted by molar-refractivity contribution is 0.0697. The Bertz CT molecular complexity index is 787. The van der Waals surface area contributed by atoms with Gasteiger partial charge in [-0.05, 0) is 42.0 Å². The highest BCUT2D eigenvalue weighted by molar-refractivity contribution is 7.92. The average molecular weight is 340 g/mol. The summed E-state index contributed by atoms with van der Waals surface area (Å²) in [5.74, 6) is -1.06. The second-order valence-corrected chi connectivity index (χ2v) is 7.09. The number of carboxylic acid groups (broad SMARTS) is 1. The molecule has 0 saturated carbocycles. The van der Waals surface area contributed by atoms with Gasteiger partial charge in [0.2, 0.25) is 10.0 Å². The molecule has 1 N–H and O–H groups in total. The molecule has 7 heteroatoms. The molecule has 0 heterocycles. The Morgan fingerprint density at radius 1 is 1.18 bits per heavy atom. The Morgan fingerprint density at radius 2 is 1.82 bits per heavy atom. The third-order valence-corrected chi connectivity index (χ3v) is 4.39. The predicted octanol–water partition coefficient (Wildman–Crippen LogP) is 3.00. The number of hydrogen-bond acceptors (Lipinski definition) is 3. The van der Waals surface area contributed by atoms with E-state index >= 15 is 0 Å².